The maximum atomic E-state index is 6.96. The van der Waals surface area contributed by atoms with Crippen LogP contribution in [-0.4, -0.2) is 52.4 Å². The quantitative estimate of drug-likeness (QED) is 0.140. The van der Waals surface area contributed by atoms with Crippen LogP contribution >= 0.6 is 82.2 Å². The normalized spacial score (nSPS) is 16.8. The van der Waals surface area contributed by atoms with E-state index in [1.54, 1.807) is 0 Å². The third-order valence-corrected chi connectivity index (χ3v) is 69.8. The van der Waals surface area contributed by atoms with Gasteiger partial charge in [-0.3, -0.25) is 0 Å². The van der Waals surface area contributed by atoms with Crippen LogP contribution in [0.5, 0.6) is 0 Å². The van der Waals surface area contributed by atoms with Gasteiger partial charge in [0.2, 0.25) is 0 Å². The van der Waals surface area contributed by atoms with E-state index >= 15 is 0 Å². The second kappa shape index (κ2) is 9.36. The zero-order valence-corrected chi connectivity index (χ0v) is 31.5. The van der Waals surface area contributed by atoms with Crippen molar-refractivity contribution in [1.29, 1.82) is 0 Å². The molecular weight excluding hydrogens is 611 g/mol. The smallest absolute Gasteiger partial charge is 0.125 e. The Labute approximate surface area is 211 Å². The summed E-state index contributed by atoms with van der Waals surface area (Å²) in [5.74, 6) is 0. The Morgan fingerprint density at radius 3 is 0.607 bits per heavy atom. The molecule has 28 heavy (non-hydrogen) atoms. The number of hydrogen-bond donors (Lipinski definition) is 0. The summed E-state index contributed by atoms with van der Waals surface area (Å²) < 4.78 is -0.428. The molecule has 0 aromatic heterocycles. The topological polar surface area (TPSA) is 0 Å². The van der Waals surface area contributed by atoms with Crippen LogP contribution in [0.1, 0.15) is 0 Å². The Balaban J connectivity index is 7.39. The van der Waals surface area contributed by atoms with Gasteiger partial charge in [-0.15, -0.1) is 66.5 Å². The predicted octanol–water partition coefficient (Wildman–Crippen LogP) is 10.2. The van der Waals surface area contributed by atoms with Crippen molar-refractivity contribution in [3.8, 4) is 0 Å². The van der Waals surface area contributed by atoms with Gasteiger partial charge in [-0.2, -0.15) is 0 Å². The minimum Gasteiger partial charge on any atom is -0.125 e. The molecule has 0 saturated carbocycles. The van der Waals surface area contributed by atoms with E-state index in [1.165, 1.54) is 15.7 Å². The standard InChI is InChI=1S/C14H36Cl6P2Si6/c1-23(2,3)13(24(4,5)6,27(15,16)17)21-22-14(25(7,8)9,26(10,11)12)28(18,19)20/h1-12H3. The molecule has 0 aliphatic heterocycles. The summed E-state index contributed by atoms with van der Waals surface area (Å²) in [4.78, 5) is 0. The lowest BCUT2D eigenvalue weighted by molar-refractivity contribution is 1.35. The SMILES string of the molecule is C[Si](C)(C)C(P=PC([Si](C)(C)C)([Si](C)(C)C)[Si](Cl)(Cl)Cl)([Si](C)(C)C)[Si](Cl)(Cl)Cl. The summed E-state index contributed by atoms with van der Waals surface area (Å²) >= 11 is 41.8. The molecule has 0 heterocycles. The monoisotopic (exact) mass is 644 g/mol. The van der Waals surface area contributed by atoms with Gasteiger partial charge in [-0.25, -0.2) is 0 Å². The summed E-state index contributed by atoms with van der Waals surface area (Å²) in [7, 11) is -5.02. The molecule has 0 aromatic rings. The Morgan fingerprint density at radius 1 is 0.393 bits per heavy atom. The first kappa shape index (κ1) is 31.6. The van der Waals surface area contributed by atoms with Gasteiger partial charge in [0, 0.05) is 8.05 Å². The van der Waals surface area contributed by atoms with Gasteiger partial charge in [0.1, 0.15) is 0 Å². The van der Waals surface area contributed by atoms with E-state index in [9.17, 15) is 0 Å². The summed E-state index contributed by atoms with van der Waals surface area (Å²) in [6.07, 6.45) is 0. The van der Waals surface area contributed by atoms with Crippen LogP contribution < -0.4 is 0 Å². The number of hydrogen-bond acceptors (Lipinski definition) is 0. The van der Waals surface area contributed by atoms with Crippen LogP contribution in [-0.2, 0) is 0 Å². The molecule has 0 bridgehead atoms. The lowest BCUT2D eigenvalue weighted by Gasteiger charge is -2.55. The van der Waals surface area contributed by atoms with Gasteiger partial charge < -0.3 is 0 Å². The van der Waals surface area contributed by atoms with Gasteiger partial charge in [0.25, 0.3) is 0 Å². The molecule has 0 radical (unpaired) electrons. The first-order valence-corrected chi connectivity index (χ1v) is 35.8. The van der Waals surface area contributed by atoms with Gasteiger partial charge in [0.15, 0.2) is 0 Å². The summed E-state index contributed by atoms with van der Waals surface area (Å²) in [6, 6.07) is -6.09. The average molecular weight is 648 g/mol. The number of rotatable bonds is 8. The third kappa shape index (κ3) is 5.82. The minimum atomic E-state index is -3.05. The minimum absolute atomic E-state index is 0.214. The van der Waals surface area contributed by atoms with E-state index < -0.39 is 44.3 Å². The van der Waals surface area contributed by atoms with E-state index in [0.717, 1.165) is 0 Å². The average Bonchev–Trinajstić information content (AvgIpc) is 2.23. The van der Waals surface area contributed by atoms with Crippen LogP contribution in [0.4, 0.5) is 0 Å². The Bertz CT molecular complexity index is 466. The van der Waals surface area contributed by atoms with Crippen molar-refractivity contribution in [2.24, 2.45) is 0 Å². The first-order chi connectivity index (χ1) is 11.7. The Hall–Kier alpha value is 3.64. The fourth-order valence-corrected chi connectivity index (χ4v) is 95.6. The lowest BCUT2D eigenvalue weighted by atomic mass is 11.6. The molecule has 0 nitrogen and oxygen atoms in total. The van der Waals surface area contributed by atoms with E-state index in [0.29, 0.717) is 0 Å². The van der Waals surface area contributed by atoms with Crippen molar-refractivity contribution < 1.29 is 0 Å². The molecule has 0 aliphatic rings. The van der Waals surface area contributed by atoms with Crippen LogP contribution in [0, 0.1) is 0 Å². The maximum absolute atomic E-state index is 6.96. The van der Waals surface area contributed by atoms with Crippen molar-refractivity contribution >= 4 is 127 Å². The summed E-state index contributed by atoms with van der Waals surface area (Å²) in [5, 5.41) is 0. The second-order valence-electron chi connectivity index (χ2n) is 11.6. The summed E-state index contributed by atoms with van der Waals surface area (Å²) in [6.45, 7) is 28.3. The van der Waals surface area contributed by atoms with Crippen molar-refractivity contribution in [3.63, 3.8) is 0 Å². The highest BCUT2D eigenvalue weighted by Gasteiger charge is 2.68. The molecule has 0 fully saturated rings. The van der Waals surface area contributed by atoms with Crippen molar-refractivity contribution in [1.82, 2.24) is 0 Å². The fourth-order valence-electron chi connectivity index (χ4n) is 4.81. The first-order valence-electron chi connectivity index (χ1n) is 9.28. The Morgan fingerprint density at radius 2 is 0.536 bits per heavy atom. The molecule has 0 rings (SSSR count). The van der Waals surface area contributed by atoms with Crippen LogP contribution in [0.3, 0.4) is 0 Å². The van der Waals surface area contributed by atoms with Crippen LogP contribution in [0.2, 0.25) is 78.6 Å². The number of halogens is 6. The zero-order valence-electron chi connectivity index (χ0n) is 19.2. The molecule has 0 aromatic carbocycles. The molecule has 0 aliphatic carbocycles. The van der Waals surface area contributed by atoms with Gasteiger partial charge in [-0.1, -0.05) is 94.3 Å². The fraction of sp³-hybridized carbons (Fsp3) is 1.00. The van der Waals surface area contributed by atoms with Gasteiger partial charge >= 0.3 is 12.0 Å². The van der Waals surface area contributed by atoms with Crippen LogP contribution in [0.25, 0.3) is 0 Å². The van der Waals surface area contributed by atoms with Crippen molar-refractivity contribution in [3.05, 3.63) is 0 Å². The third-order valence-electron chi connectivity index (χ3n) is 5.51. The highest BCUT2D eigenvalue weighted by Crippen LogP contribution is 2.63. The Kier molecular flexibility index (Phi) is 10.6. The van der Waals surface area contributed by atoms with Crippen molar-refractivity contribution in [2.75, 3.05) is 0 Å². The van der Waals surface area contributed by atoms with E-state index in [1.807, 2.05) is 0 Å². The van der Waals surface area contributed by atoms with E-state index in [4.69, 9.17) is 66.5 Å². The molecular formula is C14H36Cl6P2Si6. The molecule has 14 heteroatoms. The van der Waals surface area contributed by atoms with E-state index in [2.05, 4.69) is 78.6 Å². The lowest BCUT2D eigenvalue weighted by Crippen LogP contribution is -2.73. The molecule has 168 valence electrons. The van der Waals surface area contributed by atoms with Gasteiger partial charge in [-0.05, 0) is 0 Å². The molecule has 0 N–H and O–H groups in total. The van der Waals surface area contributed by atoms with E-state index in [-0.39, 0.29) is 8.05 Å². The highest BCUT2D eigenvalue weighted by molar-refractivity contribution is 7.99. The largest absolute Gasteiger partial charge is 0.350 e. The molecule has 0 saturated heterocycles. The molecule has 0 atom stereocenters. The zero-order chi connectivity index (χ0) is 23.4. The maximum Gasteiger partial charge on any atom is 0.350 e. The van der Waals surface area contributed by atoms with Crippen LogP contribution in [0.15, 0.2) is 0 Å². The second-order valence-corrected chi connectivity index (χ2v) is 58.3. The predicted molar refractivity (Wildman–Crippen MR) is 159 cm³/mol. The highest BCUT2D eigenvalue weighted by atomic mass is 35.8. The molecule has 0 amide bonds. The molecule has 0 spiro atoms. The summed E-state index contributed by atoms with van der Waals surface area (Å²) in [5.41, 5.74) is 0. The van der Waals surface area contributed by atoms with Gasteiger partial charge in [0.05, 0.1) is 32.3 Å². The molecule has 0 unspecified atom stereocenters. The van der Waals surface area contributed by atoms with Crippen molar-refractivity contribution in [2.45, 2.75) is 86.6 Å².